The van der Waals surface area contributed by atoms with E-state index in [0.29, 0.717) is 49.4 Å². The summed E-state index contributed by atoms with van der Waals surface area (Å²) in [5.41, 5.74) is 3.81. The molecule has 6 nitrogen and oxygen atoms in total. The molecule has 1 N–H and O–H groups in total. The van der Waals surface area contributed by atoms with Gasteiger partial charge in [0.05, 0.1) is 24.5 Å². The van der Waals surface area contributed by atoms with Crippen molar-refractivity contribution in [3.05, 3.63) is 64.0 Å². The van der Waals surface area contributed by atoms with Gasteiger partial charge in [-0.2, -0.15) is 0 Å². The van der Waals surface area contributed by atoms with Gasteiger partial charge in [-0.15, -0.1) is 0 Å². The van der Waals surface area contributed by atoms with Crippen molar-refractivity contribution >= 4 is 23.5 Å². The Morgan fingerprint density at radius 3 is 2.93 bits per heavy atom. The molecule has 0 saturated carbocycles. The molecule has 2 aromatic rings. The SMILES string of the molecule is CC1=CC(c2nc(NCc3cccc(Cl)c3)ncc2C(=O)N2CCOCC2)CCC1. The maximum atomic E-state index is 13.2. The van der Waals surface area contributed by atoms with Crippen LogP contribution in [0.1, 0.15) is 53.7 Å². The Labute approximate surface area is 182 Å². The van der Waals surface area contributed by atoms with Gasteiger partial charge in [0.15, 0.2) is 0 Å². The predicted molar refractivity (Wildman–Crippen MR) is 118 cm³/mol. The highest BCUT2D eigenvalue weighted by Gasteiger charge is 2.27. The van der Waals surface area contributed by atoms with Crippen molar-refractivity contribution in [1.29, 1.82) is 0 Å². The number of carbonyl (C=O) groups is 1. The van der Waals surface area contributed by atoms with Crippen LogP contribution in [0.2, 0.25) is 5.02 Å². The number of nitrogens with one attached hydrogen (secondary N) is 1. The number of ether oxygens (including phenoxy) is 1. The molecule has 2 aliphatic rings. The van der Waals surface area contributed by atoms with Crippen molar-refractivity contribution in [2.75, 3.05) is 31.6 Å². The molecular weight excluding hydrogens is 400 g/mol. The van der Waals surface area contributed by atoms with Crippen LogP contribution in [0.25, 0.3) is 0 Å². The number of allylic oxidation sites excluding steroid dienone is 2. The fraction of sp³-hybridized carbons (Fsp3) is 0.435. The van der Waals surface area contributed by atoms with Gasteiger partial charge in [-0.05, 0) is 43.9 Å². The van der Waals surface area contributed by atoms with E-state index >= 15 is 0 Å². The Hall–Kier alpha value is -2.44. The highest BCUT2D eigenvalue weighted by molar-refractivity contribution is 6.30. The summed E-state index contributed by atoms with van der Waals surface area (Å²) in [7, 11) is 0. The minimum absolute atomic E-state index is 0.00804. The molecule has 0 radical (unpaired) electrons. The summed E-state index contributed by atoms with van der Waals surface area (Å²) < 4.78 is 5.39. The summed E-state index contributed by atoms with van der Waals surface area (Å²) in [6.07, 6.45) is 7.13. The molecule has 1 aromatic carbocycles. The Morgan fingerprint density at radius 2 is 2.17 bits per heavy atom. The number of rotatable bonds is 5. The van der Waals surface area contributed by atoms with E-state index in [4.69, 9.17) is 21.3 Å². The van der Waals surface area contributed by atoms with Crippen molar-refractivity contribution in [1.82, 2.24) is 14.9 Å². The lowest BCUT2D eigenvalue weighted by atomic mass is 9.87. The number of aromatic nitrogens is 2. The van der Waals surface area contributed by atoms with E-state index in [9.17, 15) is 4.79 Å². The second-order valence-electron chi connectivity index (χ2n) is 7.89. The van der Waals surface area contributed by atoms with Crippen LogP contribution in [-0.2, 0) is 11.3 Å². The lowest BCUT2D eigenvalue weighted by Crippen LogP contribution is -2.41. The minimum atomic E-state index is -0.00804. The Morgan fingerprint density at radius 1 is 1.33 bits per heavy atom. The number of carbonyl (C=O) groups excluding carboxylic acids is 1. The van der Waals surface area contributed by atoms with Gasteiger partial charge < -0.3 is 15.0 Å². The Bertz CT molecular complexity index is 941. The molecule has 1 saturated heterocycles. The first-order valence-electron chi connectivity index (χ1n) is 10.5. The third kappa shape index (κ3) is 4.99. The van der Waals surface area contributed by atoms with E-state index in [1.54, 1.807) is 6.20 Å². The summed E-state index contributed by atoms with van der Waals surface area (Å²) >= 11 is 6.08. The first-order valence-corrected chi connectivity index (χ1v) is 10.9. The summed E-state index contributed by atoms with van der Waals surface area (Å²) in [5.74, 6) is 0.653. The van der Waals surface area contributed by atoms with Gasteiger partial charge in [0.25, 0.3) is 5.91 Å². The number of anilines is 1. The van der Waals surface area contributed by atoms with Gasteiger partial charge >= 0.3 is 0 Å². The molecule has 0 spiro atoms. The first kappa shape index (κ1) is 20.8. The third-order valence-corrected chi connectivity index (χ3v) is 5.84. The third-order valence-electron chi connectivity index (χ3n) is 5.61. The molecule has 1 fully saturated rings. The first-order chi connectivity index (χ1) is 14.6. The topological polar surface area (TPSA) is 67.4 Å². The average Bonchev–Trinajstić information content (AvgIpc) is 2.78. The Balaban J connectivity index is 1.60. The molecule has 0 bridgehead atoms. The van der Waals surface area contributed by atoms with Crippen molar-refractivity contribution in [3.63, 3.8) is 0 Å². The number of morpholine rings is 1. The van der Waals surface area contributed by atoms with Crippen molar-refractivity contribution in [2.24, 2.45) is 0 Å². The monoisotopic (exact) mass is 426 g/mol. The number of benzene rings is 1. The van der Waals surface area contributed by atoms with E-state index in [0.717, 1.165) is 30.5 Å². The number of amides is 1. The fourth-order valence-electron chi connectivity index (χ4n) is 4.02. The van der Waals surface area contributed by atoms with Gasteiger partial charge in [-0.3, -0.25) is 4.79 Å². The van der Waals surface area contributed by atoms with E-state index in [-0.39, 0.29) is 11.8 Å². The summed E-state index contributed by atoms with van der Waals surface area (Å²) in [6.45, 7) is 5.07. The molecule has 4 rings (SSSR count). The van der Waals surface area contributed by atoms with Gasteiger partial charge in [0, 0.05) is 36.8 Å². The van der Waals surface area contributed by atoms with Crippen LogP contribution in [0, 0.1) is 0 Å². The lowest BCUT2D eigenvalue weighted by Gasteiger charge is -2.28. The molecular formula is C23H27ClN4O2. The lowest BCUT2D eigenvalue weighted by molar-refractivity contribution is 0.0301. The normalized spacial score (nSPS) is 19.3. The molecule has 158 valence electrons. The molecule has 1 amide bonds. The standard InChI is InChI=1S/C23H27ClN4O2/c1-16-4-2-6-18(12-16)21-20(22(29)28-8-10-30-11-9-28)15-26-23(27-21)25-14-17-5-3-7-19(24)13-17/h3,5,7,12-13,15,18H,2,4,6,8-11,14H2,1H3,(H,25,26,27). The number of nitrogens with zero attached hydrogens (tertiary/aromatic N) is 3. The number of hydrogen-bond donors (Lipinski definition) is 1. The molecule has 1 unspecified atom stereocenters. The van der Waals surface area contributed by atoms with Crippen LogP contribution >= 0.6 is 11.6 Å². The summed E-state index contributed by atoms with van der Waals surface area (Å²) in [4.78, 5) is 24.3. The van der Waals surface area contributed by atoms with Crippen molar-refractivity contribution in [3.8, 4) is 0 Å². The molecule has 1 aliphatic carbocycles. The fourth-order valence-corrected chi connectivity index (χ4v) is 4.23. The van der Waals surface area contributed by atoms with E-state index in [1.807, 2.05) is 29.2 Å². The molecule has 2 heterocycles. The molecule has 30 heavy (non-hydrogen) atoms. The Kier molecular flexibility index (Phi) is 6.65. The summed E-state index contributed by atoms with van der Waals surface area (Å²) in [5, 5.41) is 3.98. The summed E-state index contributed by atoms with van der Waals surface area (Å²) in [6, 6.07) is 7.69. The predicted octanol–water partition coefficient (Wildman–Crippen LogP) is 4.43. The van der Waals surface area contributed by atoms with Gasteiger partial charge in [-0.1, -0.05) is 35.4 Å². The van der Waals surface area contributed by atoms with Gasteiger partial charge in [0.1, 0.15) is 0 Å². The zero-order valence-electron chi connectivity index (χ0n) is 17.2. The highest BCUT2D eigenvalue weighted by Crippen LogP contribution is 2.32. The second-order valence-corrected chi connectivity index (χ2v) is 8.33. The van der Waals surface area contributed by atoms with Gasteiger partial charge in [-0.25, -0.2) is 9.97 Å². The van der Waals surface area contributed by atoms with Crippen molar-refractivity contribution in [2.45, 2.75) is 38.6 Å². The molecule has 1 aliphatic heterocycles. The van der Waals surface area contributed by atoms with E-state index in [1.165, 1.54) is 5.57 Å². The van der Waals surface area contributed by atoms with Crippen LogP contribution < -0.4 is 5.32 Å². The largest absolute Gasteiger partial charge is 0.378 e. The number of halogens is 1. The maximum Gasteiger partial charge on any atom is 0.257 e. The van der Waals surface area contributed by atoms with Crippen molar-refractivity contribution < 1.29 is 9.53 Å². The second kappa shape index (κ2) is 9.58. The zero-order valence-corrected chi connectivity index (χ0v) is 18.0. The van der Waals surface area contributed by atoms with E-state index < -0.39 is 0 Å². The quantitative estimate of drug-likeness (QED) is 0.716. The zero-order chi connectivity index (χ0) is 20.9. The van der Waals surface area contributed by atoms with E-state index in [2.05, 4.69) is 23.3 Å². The maximum absolute atomic E-state index is 13.2. The minimum Gasteiger partial charge on any atom is -0.378 e. The molecule has 1 atom stereocenters. The average molecular weight is 427 g/mol. The van der Waals surface area contributed by atoms with Crippen LogP contribution in [0.15, 0.2) is 42.1 Å². The highest BCUT2D eigenvalue weighted by atomic mass is 35.5. The molecule has 1 aromatic heterocycles. The molecule has 7 heteroatoms. The van der Waals surface area contributed by atoms with Gasteiger partial charge in [0.2, 0.25) is 5.95 Å². The van der Waals surface area contributed by atoms with Crippen LogP contribution in [0.3, 0.4) is 0 Å². The smallest absolute Gasteiger partial charge is 0.257 e. The van der Waals surface area contributed by atoms with Crippen LogP contribution in [0.4, 0.5) is 5.95 Å². The van der Waals surface area contributed by atoms with Crippen LogP contribution in [0.5, 0.6) is 0 Å². The van der Waals surface area contributed by atoms with Crippen LogP contribution in [-0.4, -0.2) is 47.1 Å². The number of hydrogen-bond acceptors (Lipinski definition) is 5.